The molecule has 0 unspecified atom stereocenters. The van der Waals surface area contributed by atoms with E-state index in [1.165, 1.54) is 10.9 Å². The van der Waals surface area contributed by atoms with E-state index in [4.69, 9.17) is 5.14 Å². The zero-order valence-corrected chi connectivity index (χ0v) is 10.8. The van der Waals surface area contributed by atoms with E-state index in [2.05, 4.69) is 28.5 Å². The molecule has 1 heterocycles. The highest BCUT2D eigenvalue weighted by molar-refractivity contribution is 7.89. The van der Waals surface area contributed by atoms with Crippen LogP contribution in [-0.4, -0.2) is 25.7 Å². The average molecular weight is 267 g/mol. The van der Waals surface area contributed by atoms with Gasteiger partial charge in [0.2, 0.25) is 10.0 Å². The first kappa shape index (κ1) is 13.1. The Morgan fingerprint density at radius 1 is 1.28 bits per heavy atom. The van der Waals surface area contributed by atoms with Crippen LogP contribution in [0.5, 0.6) is 0 Å². The summed E-state index contributed by atoms with van der Waals surface area (Å²) in [7, 11) is -3.34. The summed E-state index contributed by atoms with van der Waals surface area (Å²) in [6.45, 7) is 1.36. The normalized spacial score (nSPS) is 12.1. The molecule has 0 saturated heterocycles. The lowest BCUT2D eigenvalue weighted by molar-refractivity contribution is 0.590. The van der Waals surface area contributed by atoms with Crippen molar-refractivity contribution in [2.45, 2.75) is 13.0 Å². The molecule has 2 aromatic rings. The number of hydrogen-bond acceptors (Lipinski definition) is 3. The van der Waals surface area contributed by atoms with Crippen LogP contribution >= 0.6 is 0 Å². The van der Waals surface area contributed by atoms with Gasteiger partial charge < -0.3 is 10.3 Å². The van der Waals surface area contributed by atoms with Crippen LogP contribution in [-0.2, 0) is 16.6 Å². The van der Waals surface area contributed by atoms with E-state index < -0.39 is 10.0 Å². The lowest BCUT2D eigenvalue weighted by Gasteiger charge is -2.04. The Kier molecular flexibility index (Phi) is 4.00. The van der Waals surface area contributed by atoms with Gasteiger partial charge in [-0.15, -0.1) is 0 Å². The molecule has 0 fully saturated rings. The monoisotopic (exact) mass is 267 g/mol. The number of primary sulfonamides is 1. The van der Waals surface area contributed by atoms with Crippen LogP contribution in [0.15, 0.2) is 30.5 Å². The van der Waals surface area contributed by atoms with Crippen molar-refractivity contribution in [1.82, 2.24) is 10.3 Å². The number of aromatic nitrogens is 1. The summed E-state index contributed by atoms with van der Waals surface area (Å²) in [4.78, 5) is 3.16. The molecule has 0 spiro atoms. The molecule has 0 bridgehead atoms. The van der Waals surface area contributed by atoms with Gasteiger partial charge in [0.25, 0.3) is 0 Å². The second-order valence-electron chi connectivity index (χ2n) is 4.30. The summed E-state index contributed by atoms with van der Waals surface area (Å²) in [5.74, 6) is 0.0235. The highest BCUT2D eigenvalue weighted by Gasteiger charge is 2.01. The molecule has 5 nitrogen and oxygen atoms in total. The van der Waals surface area contributed by atoms with Gasteiger partial charge in [-0.1, -0.05) is 12.1 Å². The highest BCUT2D eigenvalue weighted by atomic mass is 32.2. The Balaban J connectivity index is 1.79. The second-order valence-corrected chi connectivity index (χ2v) is 6.03. The quantitative estimate of drug-likeness (QED) is 0.680. The van der Waals surface area contributed by atoms with Crippen LogP contribution in [0, 0.1) is 0 Å². The van der Waals surface area contributed by atoms with Crippen molar-refractivity contribution in [2.75, 3.05) is 12.3 Å². The predicted octanol–water partition coefficient (Wildman–Crippen LogP) is 0.936. The van der Waals surface area contributed by atoms with Crippen molar-refractivity contribution < 1.29 is 8.42 Å². The van der Waals surface area contributed by atoms with Crippen molar-refractivity contribution in [3.63, 3.8) is 0 Å². The Hall–Kier alpha value is -1.37. The molecule has 2 rings (SSSR count). The fourth-order valence-corrected chi connectivity index (χ4v) is 2.38. The summed E-state index contributed by atoms with van der Waals surface area (Å²) >= 11 is 0. The number of nitrogens with two attached hydrogens (primary N) is 1. The smallest absolute Gasteiger partial charge is 0.209 e. The molecule has 6 heteroatoms. The van der Waals surface area contributed by atoms with Crippen LogP contribution in [0.3, 0.4) is 0 Å². The largest absolute Gasteiger partial charge is 0.361 e. The molecule has 0 aliphatic rings. The maximum absolute atomic E-state index is 10.7. The minimum atomic E-state index is -3.34. The number of aromatic amines is 1. The molecule has 0 aliphatic carbocycles. The van der Waals surface area contributed by atoms with Crippen molar-refractivity contribution >= 4 is 20.9 Å². The predicted molar refractivity (Wildman–Crippen MR) is 72.6 cm³/mol. The standard InChI is InChI=1S/C12H17N3O2S/c13-18(16,17)7-1-5-14-9-10-2-3-11-4-6-15-12(11)8-10/h2-4,6,8,14-15H,1,5,7,9H2,(H2,13,16,17). The molecular formula is C12H17N3O2S. The third kappa shape index (κ3) is 3.83. The van der Waals surface area contributed by atoms with Gasteiger partial charge in [0.15, 0.2) is 0 Å². The second kappa shape index (κ2) is 5.51. The fraction of sp³-hybridized carbons (Fsp3) is 0.333. The van der Waals surface area contributed by atoms with Gasteiger partial charge in [0.05, 0.1) is 5.75 Å². The average Bonchev–Trinajstić information content (AvgIpc) is 2.74. The topological polar surface area (TPSA) is 88.0 Å². The zero-order valence-electron chi connectivity index (χ0n) is 10.0. The van der Waals surface area contributed by atoms with Crippen LogP contribution < -0.4 is 10.5 Å². The molecule has 1 aromatic heterocycles. The summed E-state index contributed by atoms with van der Waals surface area (Å²) in [5.41, 5.74) is 2.28. The first-order valence-corrected chi connectivity index (χ1v) is 7.53. The molecular weight excluding hydrogens is 250 g/mol. The van der Waals surface area contributed by atoms with E-state index in [1.807, 2.05) is 12.3 Å². The summed E-state index contributed by atoms with van der Waals surface area (Å²) in [6, 6.07) is 8.23. The van der Waals surface area contributed by atoms with E-state index in [0.717, 1.165) is 12.1 Å². The van der Waals surface area contributed by atoms with Crippen molar-refractivity contribution in [2.24, 2.45) is 5.14 Å². The van der Waals surface area contributed by atoms with E-state index in [1.54, 1.807) is 0 Å². The first-order valence-electron chi connectivity index (χ1n) is 5.82. The maximum atomic E-state index is 10.7. The Morgan fingerprint density at radius 3 is 2.89 bits per heavy atom. The number of benzene rings is 1. The van der Waals surface area contributed by atoms with E-state index >= 15 is 0 Å². The van der Waals surface area contributed by atoms with Crippen LogP contribution in [0.2, 0.25) is 0 Å². The molecule has 18 heavy (non-hydrogen) atoms. The summed E-state index contributed by atoms with van der Waals surface area (Å²) < 4.78 is 21.5. The number of H-pyrrole nitrogens is 1. The molecule has 4 N–H and O–H groups in total. The molecule has 0 amide bonds. The van der Waals surface area contributed by atoms with Crippen LogP contribution in [0.25, 0.3) is 10.9 Å². The fourth-order valence-electron chi connectivity index (χ4n) is 1.84. The Labute approximate surface area is 106 Å². The molecule has 98 valence electrons. The van der Waals surface area contributed by atoms with Crippen molar-refractivity contribution in [1.29, 1.82) is 0 Å². The highest BCUT2D eigenvalue weighted by Crippen LogP contribution is 2.13. The minimum absolute atomic E-state index is 0.0235. The van der Waals surface area contributed by atoms with Gasteiger partial charge in [0, 0.05) is 18.3 Å². The number of nitrogens with one attached hydrogen (secondary N) is 2. The van der Waals surface area contributed by atoms with Crippen LogP contribution in [0.4, 0.5) is 0 Å². The first-order chi connectivity index (χ1) is 8.54. The van der Waals surface area contributed by atoms with E-state index in [-0.39, 0.29) is 5.75 Å². The van der Waals surface area contributed by atoms with Gasteiger partial charge in [-0.3, -0.25) is 0 Å². The maximum Gasteiger partial charge on any atom is 0.209 e. The number of rotatable bonds is 6. The molecule has 0 radical (unpaired) electrons. The minimum Gasteiger partial charge on any atom is -0.361 e. The number of sulfonamides is 1. The van der Waals surface area contributed by atoms with Gasteiger partial charge in [-0.25, -0.2) is 13.6 Å². The summed E-state index contributed by atoms with van der Waals surface area (Å²) in [6.07, 6.45) is 2.44. The lowest BCUT2D eigenvalue weighted by atomic mass is 10.1. The third-order valence-corrected chi connectivity index (χ3v) is 3.59. The molecule has 0 aliphatic heterocycles. The SMILES string of the molecule is NS(=O)(=O)CCCNCc1ccc2cc[nH]c2c1. The molecule has 0 atom stereocenters. The van der Waals surface area contributed by atoms with E-state index in [0.29, 0.717) is 13.0 Å². The van der Waals surface area contributed by atoms with Gasteiger partial charge in [0.1, 0.15) is 0 Å². The lowest BCUT2D eigenvalue weighted by Crippen LogP contribution is -2.22. The van der Waals surface area contributed by atoms with E-state index in [9.17, 15) is 8.42 Å². The Morgan fingerprint density at radius 2 is 2.11 bits per heavy atom. The third-order valence-electron chi connectivity index (χ3n) is 2.73. The molecule has 0 saturated carbocycles. The summed E-state index contributed by atoms with van der Waals surface area (Å²) in [5, 5.41) is 9.30. The Bertz CT molecular complexity index is 619. The van der Waals surface area contributed by atoms with Gasteiger partial charge in [-0.2, -0.15) is 0 Å². The van der Waals surface area contributed by atoms with Crippen molar-refractivity contribution in [3.05, 3.63) is 36.0 Å². The van der Waals surface area contributed by atoms with Gasteiger partial charge in [-0.05, 0) is 36.0 Å². The van der Waals surface area contributed by atoms with Crippen molar-refractivity contribution in [3.8, 4) is 0 Å². The zero-order chi connectivity index (χ0) is 13.0. The number of hydrogen-bond donors (Lipinski definition) is 3. The number of fused-ring (bicyclic) bond motifs is 1. The van der Waals surface area contributed by atoms with Gasteiger partial charge >= 0.3 is 0 Å². The molecule has 1 aromatic carbocycles. The van der Waals surface area contributed by atoms with Crippen LogP contribution in [0.1, 0.15) is 12.0 Å².